The number of aryl methyl sites for hydroxylation is 1. The summed E-state index contributed by atoms with van der Waals surface area (Å²) in [5, 5.41) is 4.38. The Balaban J connectivity index is 1.68. The van der Waals surface area contributed by atoms with Gasteiger partial charge in [-0.25, -0.2) is 4.98 Å². The summed E-state index contributed by atoms with van der Waals surface area (Å²) in [4.78, 5) is 29.0. The number of likely N-dealkylation sites (N-methyl/N-ethyl adjacent to an activating group) is 1. The Kier molecular flexibility index (Phi) is 4.09. The number of pyridine rings is 2. The number of thiophene rings is 1. The Hall–Kier alpha value is -3.26. The third kappa shape index (κ3) is 2.96. The Morgan fingerprint density at radius 3 is 2.90 bits per heavy atom. The van der Waals surface area contributed by atoms with Gasteiger partial charge in [-0.15, -0.1) is 11.3 Å². The molecule has 0 aromatic carbocycles. The van der Waals surface area contributed by atoms with Crippen LogP contribution in [0.3, 0.4) is 0 Å². The number of carbonyl (C=O) groups is 1. The van der Waals surface area contributed by atoms with E-state index < -0.39 is 0 Å². The Labute approximate surface area is 172 Å². The summed E-state index contributed by atoms with van der Waals surface area (Å²) in [5.74, 6) is 0.742. The van der Waals surface area contributed by atoms with Gasteiger partial charge in [-0.2, -0.15) is 0 Å². The number of hydrogen-bond acceptors (Lipinski definition) is 6. The summed E-state index contributed by atoms with van der Waals surface area (Å²) in [6.07, 6.45) is 3.68. The van der Waals surface area contributed by atoms with Crippen LogP contribution in [0.2, 0.25) is 0 Å². The molecular formula is C21H20N6OS. The predicted octanol–water partition coefficient (Wildman–Crippen LogP) is 3.41. The van der Waals surface area contributed by atoms with E-state index in [0.717, 1.165) is 33.0 Å². The zero-order valence-electron chi connectivity index (χ0n) is 16.4. The number of anilines is 1. The number of nitrogens with one attached hydrogen (secondary N) is 1. The van der Waals surface area contributed by atoms with E-state index >= 15 is 0 Å². The van der Waals surface area contributed by atoms with Gasteiger partial charge in [-0.1, -0.05) is 6.07 Å². The third-order valence-electron chi connectivity index (χ3n) is 5.06. The van der Waals surface area contributed by atoms with Crippen molar-refractivity contribution in [1.29, 1.82) is 0 Å². The van der Waals surface area contributed by atoms with Gasteiger partial charge in [-0.3, -0.25) is 14.8 Å². The monoisotopic (exact) mass is 404 g/mol. The molecule has 0 bridgehead atoms. The van der Waals surface area contributed by atoms with Crippen LogP contribution < -0.4 is 5.32 Å². The van der Waals surface area contributed by atoms with E-state index in [-0.39, 0.29) is 11.9 Å². The second kappa shape index (κ2) is 6.66. The van der Waals surface area contributed by atoms with E-state index in [1.807, 2.05) is 37.4 Å². The fourth-order valence-electron chi connectivity index (χ4n) is 3.68. The smallest absolute Gasteiger partial charge is 0.246 e. The molecule has 4 aromatic rings. The summed E-state index contributed by atoms with van der Waals surface area (Å²) in [5.41, 5.74) is 3.58. The molecule has 1 atom stereocenters. The lowest BCUT2D eigenvalue weighted by atomic mass is 10.1. The van der Waals surface area contributed by atoms with Crippen molar-refractivity contribution in [3.8, 4) is 22.0 Å². The molecule has 1 unspecified atom stereocenters. The fraction of sp³-hybridized carbons (Fsp3) is 0.238. The van der Waals surface area contributed by atoms with Gasteiger partial charge in [0.15, 0.2) is 0 Å². The minimum atomic E-state index is -0.318. The van der Waals surface area contributed by atoms with E-state index in [2.05, 4.69) is 20.9 Å². The largest absolute Gasteiger partial charge is 0.347 e. The van der Waals surface area contributed by atoms with Gasteiger partial charge in [0.1, 0.15) is 11.7 Å². The number of fused-ring (bicyclic) bond motifs is 2. The fourth-order valence-corrected chi connectivity index (χ4v) is 4.77. The molecule has 0 spiro atoms. The molecule has 146 valence electrons. The van der Waals surface area contributed by atoms with Crippen molar-refractivity contribution in [3.05, 3.63) is 48.4 Å². The van der Waals surface area contributed by atoms with Gasteiger partial charge < -0.3 is 14.8 Å². The highest BCUT2D eigenvalue weighted by molar-refractivity contribution is 7.22. The van der Waals surface area contributed by atoms with Crippen LogP contribution in [-0.2, 0) is 11.3 Å². The van der Waals surface area contributed by atoms with Gasteiger partial charge >= 0.3 is 0 Å². The number of carbonyl (C=O) groups excluding carboxylic acids is 1. The molecule has 5 rings (SSSR count). The lowest BCUT2D eigenvalue weighted by molar-refractivity contribution is -0.129. The molecule has 0 saturated heterocycles. The van der Waals surface area contributed by atoms with Crippen LogP contribution in [0.5, 0.6) is 0 Å². The average molecular weight is 404 g/mol. The van der Waals surface area contributed by atoms with Crippen molar-refractivity contribution in [2.24, 2.45) is 0 Å². The molecule has 1 N–H and O–H groups in total. The van der Waals surface area contributed by atoms with E-state index in [1.54, 1.807) is 36.5 Å². The highest BCUT2D eigenvalue weighted by Crippen LogP contribution is 2.41. The first-order valence-electron chi connectivity index (χ1n) is 9.37. The Morgan fingerprint density at radius 1 is 1.28 bits per heavy atom. The Bertz CT molecular complexity index is 1210. The zero-order valence-corrected chi connectivity index (χ0v) is 17.2. The number of aromatic nitrogens is 4. The lowest BCUT2D eigenvalue weighted by Gasteiger charge is -2.16. The summed E-state index contributed by atoms with van der Waals surface area (Å²) in [6, 6.07) is 9.78. The minimum Gasteiger partial charge on any atom is -0.347 e. The molecule has 1 amide bonds. The van der Waals surface area contributed by atoms with Crippen LogP contribution in [0.15, 0.2) is 42.7 Å². The summed E-state index contributed by atoms with van der Waals surface area (Å²) >= 11 is 1.70. The molecule has 0 fully saturated rings. The first-order chi connectivity index (χ1) is 14.0. The van der Waals surface area contributed by atoms with E-state index in [4.69, 9.17) is 9.97 Å². The highest BCUT2D eigenvalue weighted by Gasteiger charge is 2.33. The minimum absolute atomic E-state index is 0.0391. The molecule has 4 aromatic heterocycles. The first kappa shape index (κ1) is 17.8. The van der Waals surface area contributed by atoms with Crippen molar-refractivity contribution >= 4 is 33.3 Å². The molecular weight excluding hydrogens is 384 g/mol. The molecule has 8 heteroatoms. The Morgan fingerprint density at radius 2 is 2.14 bits per heavy atom. The normalized spacial score (nSPS) is 15.3. The summed E-state index contributed by atoms with van der Waals surface area (Å²) < 4.78 is 3.27. The van der Waals surface area contributed by atoms with Crippen LogP contribution in [0.4, 0.5) is 5.95 Å². The molecule has 7 nitrogen and oxygen atoms in total. The van der Waals surface area contributed by atoms with Gasteiger partial charge in [0.05, 0.1) is 22.8 Å². The lowest BCUT2D eigenvalue weighted by Crippen LogP contribution is -2.38. The maximum atomic E-state index is 12.5. The molecule has 29 heavy (non-hydrogen) atoms. The highest BCUT2D eigenvalue weighted by atomic mass is 32.1. The van der Waals surface area contributed by atoms with Gasteiger partial charge in [0.25, 0.3) is 0 Å². The first-order valence-corrected chi connectivity index (χ1v) is 10.2. The van der Waals surface area contributed by atoms with Crippen molar-refractivity contribution in [2.45, 2.75) is 19.5 Å². The van der Waals surface area contributed by atoms with Crippen molar-refractivity contribution in [3.63, 3.8) is 0 Å². The molecule has 0 saturated carbocycles. The molecule has 0 aliphatic carbocycles. The van der Waals surface area contributed by atoms with Crippen LogP contribution in [0, 0.1) is 6.92 Å². The van der Waals surface area contributed by atoms with E-state index in [9.17, 15) is 4.79 Å². The number of rotatable bonds is 3. The maximum absolute atomic E-state index is 12.5. The second-order valence-corrected chi connectivity index (χ2v) is 8.44. The number of imidazole rings is 1. The quantitative estimate of drug-likeness (QED) is 0.566. The summed E-state index contributed by atoms with van der Waals surface area (Å²) in [6.45, 7) is 2.51. The van der Waals surface area contributed by atoms with Crippen LogP contribution in [0.1, 0.15) is 5.69 Å². The van der Waals surface area contributed by atoms with Crippen LogP contribution in [-0.4, -0.2) is 50.5 Å². The predicted molar refractivity (Wildman–Crippen MR) is 115 cm³/mol. The van der Waals surface area contributed by atoms with Crippen LogP contribution in [0.25, 0.3) is 32.0 Å². The number of amides is 1. The topological polar surface area (TPSA) is 75.9 Å². The van der Waals surface area contributed by atoms with Crippen molar-refractivity contribution in [2.75, 3.05) is 19.4 Å². The third-order valence-corrected chi connectivity index (χ3v) is 6.18. The molecule has 1 aliphatic heterocycles. The molecule has 5 heterocycles. The van der Waals surface area contributed by atoms with Crippen molar-refractivity contribution in [1.82, 2.24) is 24.4 Å². The average Bonchev–Trinajstić information content (AvgIpc) is 3.38. The van der Waals surface area contributed by atoms with E-state index in [0.29, 0.717) is 12.5 Å². The van der Waals surface area contributed by atoms with Gasteiger partial charge in [0.2, 0.25) is 11.9 Å². The van der Waals surface area contributed by atoms with E-state index in [1.165, 1.54) is 4.70 Å². The SMILES string of the molecule is Cc1cccc(-c2nc3n(c2-c2cc4cnccc4s2)CC(C(=O)N(C)C)N3)n1. The van der Waals surface area contributed by atoms with Gasteiger partial charge in [-0.05, 0) is 31.2 Å². The number of nitrogens with zero attached hydrogens (tertiary/aromatic N) is 5. The second-order valence-electron chi connectivity index (χ2n) is 7.36. The zero-order chi connectivity index (χ0) is 20.1. The van der Waals surface area contributed by atoms with Crippen molar-refractivity contribution < 1.29 is 4.79 Å². The molecule has 1 aliphatic rings. The number of hydrogen-bond donors (Lipinski definition) is 1. The molecule has 0 radical (unpaired) electrons. The standard InChI is InChI=1S/C21H20N6OS/c1-12-5-4-6-14(23-12)18-19(17-9-13-10-22-8-7-16(13)29-17)27-11-15(20(28)26(2)3)24-21(27)25-18/h4-10,15H,11H2,1-3H3,(H,24,25). The van der Waals surface area contributed by atoms with Crippen LogP contribution >= 0.6 is 11.3 Å². The van der Waals surface area contributed by atoms with Gasteiger partial charge in [0, 0.05) is 42.3 Å². The maximum Gasteiger partial charge on any atom is 0.246 e. The summed E-state index contributed by atoms with van der Waals surface area (Å²) in [7, 11) is 3.54.